The van der Waals surface area contributed by atoms with Crippen LogP contribution in [0.25, 0.3) is 0 Å². The molecule has 4 nitrogen and oxygen atoms in total. The minimum Gasteiger partial charge on any atom is -0.496 e. The number of rotatable bonds is 7. The van der Waals surface area contributed by atoms with E-state index in [9.17, 15) is 9.18 Å². The molecule has 0 heterocycles. The molecular formula is C19H20FNO3. The lowest BCUT2D eigenvalue weighted by Gasteiger charge is -2.06. The van der Waals surface area contributed by atoms with Crippen LogP contribution in [0.2, 0.25) is 0 Å². The topological polar surface area (TPSA) is 47.9 Å². The molecule has 0 saturated heterocycles. The Morgan fingerprint density at radius 1 is 1.21 bits per heavy atom. The fourth-order valence-corrected chi connectivity index (χ4v) is 2.22. The number of hydrogen-bond acceptors (Lipinski definition) is 4. The van der Waals surface area contributed by atoms with Crippen molar-refractivity contribution in [3.05, 3.63) is 65.0 Å². The van der Waals surface area contributed by atoms with Gasteiger partial charge in [0.05, 0.1) is 19.3 Å². The van der Waals surface area contributed by atoms with Crippen molar-refractivity contribution in [1.29, 1.82) is 0 Å². The Balaban J connectivity index is 1.93. The zero-order valence-electron chi connectivity index (χ0n) is 13.8. The summed E-state index contributed by atoms with van der Waals surface area (Å²) >= 11 is 0. The molecule has 0 fully saturated rings. The smallest absolute Gasteiger partial charge is 0.338 e. The number of ether oxygens (including phenoxy) is 2. The minimum absolute atomic E-state index is 0.288. The third-order valence-electron chi connectivity index (χ3n) is 3.41. The van der Waals surface area contributed by atoms with Gasteiger partial charge in [-0.3, -0.25) is 4.99 Å². The van der Waals surface area contributed by atoms with Crippen molar-refractivity contribution in [2.45, 2.75) is 13.3 Å². The van der Waals surface area contributed by atoms with Crippen LogP contribution < -0.4 is 4.74 Å². The van der Waals surface area contributed by atoms with E-state index >= 15 is 0 Å². The lowest BCUT2D eigenvalue weighted by molar-refractivity contribution is 0.0526. The number of halogens is 1. The molecule has 5 heteroatoms. The summed E-state index contributed by atoms with van der Waals surface area (Å²) in [5.74, 6) is 0.0360. The zero-order chi connectivity index (χ0) is 17.4. The predicted molar refractivity (Wildman–Crippen MR) is 91.5 cm³/mol. The monoisotopic (exact) mass is 329 g/mol. The number of aliphatic imine (C=N–C) groups is 1. The summed E-state index contributed by atoms with van der Waals surface area (Å²) in [5.41, 5.74) is 2.18. The molecular weight excluding hydrogens is 309 g/mol. The molecule has 0 spiro atoms. The van der Waals surface area contributed by atoms with Crippen molar-refractivity contribution in [2.75, 3.05) is 20.3 Å². The molecule has 2 aromatic carbocycles. The van der Waals surface area contributed by atoms with E-state index in [-0.39, 0.29) is 11.8 Å². The van der Waals surface area contributed by atoms with Crippen molar-refractivity contribution in [2.24, 2.45) is 4.99 Å². The van der Waals surface area contributed by atoms with E-state index in [4.69, 9.17) is 9.47 Å². The molecule has 24 heavy (non-hydrogen) atoms. The van der Waals surface area contributed by atoms with Crippen LogP contribution >= 0.6 is 0 Å². The van der Waals surface area contributed by atoms with E-state index in [1.807, 2.05) is 0 Å². The molecule has 0 N–H and O–H groups in total. The summed E-state index contributed by atoms with van der Waals surface area (Å²) < 4.78 is 23.4. The van der Waals surface area contributed by atoms with Crippen molar-refractivity contribution in [1.82, 2.24) is 0 Å². The molecule has 0 aliphatic rings. The van der Waals surface area contributed by atoms with Crippen molar-refractivity contribution in [3.8, 4) is 5.75 Å². The Bertz CT molecular complexity index is 711. The molecule has 2 rings (SSSR count). The highest BCUT2D eigenvalue weighted by Gasteiger charge is 2.05. The van der Waals surface area contributed by atoms with Gasteiger partial charge < -0.3 is 9.47 Å². The molecule has 0 bridgehead atoms. The molecule has 0 radical (unpaired) electrons. The van der Waals surface area contributed by atoms with Gasteiger partial charge in [0.2, 0.25) is 0 Å². The van der Waals surface area contributed by atoms with E-state index in [0.717, 1.165) is 11.1 Å². The third kappa shape index (κ3) is 4.91. The van der Waals surface area contributed by atoms with Gasteiger partial charge in [-0.2, -0.15) is 0 Å². The first-order valence-corrected chi connectivity index (χ1v) is 7.73. The summed E-state index contributed by atoms with van der Waals surface area (Å²) in [6, 6.07) is 11.5. The second-order valence-corrected chi connectivity index (χ2v) is 5.08. The maximum absolute atomic E-state index is 13.3. The van der Waals surface area contributed by atoms with Gasteiger partial charge in [0.15, 0.2) is 0 Å². The molecule has 2 aromatic rings. The molecule has 0 unspecified atom stereocenters. The van der Waals surface area contributed by atoms with E-state index < -0.39 is 0 Å². The van der Waals surface area contributed by atoms with E-state index in [1.54, 1.807) is 50.6 Å². The van der Waals surface area contributed by atoms with Crippen LogP contribution in [-0.2, 0) is 11.2 Å². The van der Waals surface area contributed by atoms with Crippen LogP contribution in [0.4, 0.5) is 4.39 Å². The van der Waals surface area contributed by atoms with Crippen LogP contribution in [0, 0.1) is 5.82 Å². The average molecular weight is 329 g/mol. The van der Waals surface area contributed by atoms with Crippen LogP contribution in [0.3, 0.4) is 0 Å². The molecule has 0 saturated carbocycles. The Hall–Kier alpha value is -2.69. The molecule has 0 aliphatic carbocycles. The number of methoxy groups -OCH3 is 1. The maximum Gasteiger partial charge on any atom is 0.338 e. The number of carbonyl (C=O) groups is 1. The highest BCUT2D eigenvalue weighted by atomic mass is 19.1. The van der Waals surface area contributed by atoms with Crippen LogP contribution in [0.5, 0.6) is 5.75 Å². The van der Waals surface area contributed by atoms with Crippen LogP contribution in [0.15, 0.2) is 47.5 Å². The molecule has 0 atom stereocenters. The van der Waals surface area contributed by atoms with Gasteiger partial charge in [0, 0.05) is 12.8 Å². The molecule has 0 aromatic heterocycles. The van der Waals surface area contributed by atoms with Gasteiger partial charge in [-0.15, -0.1) is 0 Å². The number of benzene rings is 2. The number of nitrogens with zero attached hydrogens (tertiary/aromatic N) is 1. The first-order valence-electron chi connectivity index (χ1n) is 7.73. The van der Waals surface area contributed by atoms with Gasteiger partial charge in [-0.25, -0.2) is 9.18 Å². The summed E-state index contributed by atoms with van der Waals surface area (Å²) in [4.78, 5) is 15.9. The zero-order valence-corrected chi connectivity index (χ0v) is 13.8. The number of carbonyl (C=O) groups excluding carboxylic acids is 1. The summed E-state index contributed by atoms with van der Waals surface area (Å²) in [6.45, 7) is 2.64. The highest BCUT2D eigenvalue weighted by Crippen LogP contribution is 2.19. The fraction of sp³-hybridized carbons (Fsp3) is 0.263. The van der Waals surface area contributed by atoms with Gasteiger partial charge in [0.25, 0.3) is 0 Å². The quantitative estimate of drug-likeness (QED) is 0.575. The van der Waals surface area contributed by atoms with E-state index in [1.165, 1.54) is 12.1 Å². The maximum atomic E-state index is 13.3. The normalized spacial score (nSPS) is 10.8. The van der Waals surface area contributed by atoms with E-state index in [2.05, 4.69) is 4.99 Å². The number of hydrogen-bond donors (Lipinski definition) is 0. The summed E-state index contributed by atoms with van der Waals surface area (Å²) in [6.07, 6.45) is 2.30. The van der Waals surface area contributed by atoms with Gasteiger partial charge in [-0.1, -0.05) is 12.1 Å². The Kier molecular flexibility index (Phi) is 6.49. The molecule has 0 amide bonds. The second kappa shape index (κ2) is 8.82. The SMILES string of the molecule is CCOC(=O)c1ccc(C=NCCc2cc(F)ccc2OC)cc1. The van der Waals surface area contributed by atoms with Crippen molar-refractivity contribution < 1.29 is 18.7 Å². The van der Waals surface area contributed by atoms with Gasteiger partial charge in [0.1, 0.15) is 11.6 Å². The Morgan fingerprint density at radius 2 is 1.96 bits per heavy atom. The highest BCUT2D eigenvalue weighted by molar-refractivity contribution is 5.90. The fourth-order valence-electron chi connectivity index (χ4n) is 2.22. The first kappa shape index (κ1) is 17.7. The number of esters is 1. The second-order valence-electron chi connectivity index (χ2n) is 5.08. The predicted octanol–water partition coefficient (Wildman–Crippen LogP) is 3.67. The molecule has 0 aliphatic heterocycles. The average Bonchev–Trinajstić information content (AvgIpc) is 2.59. The van der Waals surface area contributed by atoms with Gasteiger partial charge >= 0.3 is 5.97 Å². The standard InChI is InChI=1S/C19H20FNO3/c1-3-24-19(22)15-6-4-14(5-7-15)13-21-11-10-16-12-17(20)8-9-18(16)23-2/h4-9,12-13H,3,10-11H2,1-2H3. The molecule has 126 valence electrons. The lowest BCUT2D eigenvalue weighted by atomic mass is 10.1. The largest absolute Gasteiger partial charge is 0.496 e. The van der Waals surface area contributed by atoms with Crippen LogP contribution in [-0.4, -0.2) is 32.4 Å². The van der Waals surface area contributed by atoms with Crippen molar-refractivity contribution >= 4 is 12.2 Å². The third-order valence-corrected chi connectivity index (χ3v) is 3.41. The lowest BCUT2D eigenvalue weighted by Crippen LogP contribution is -2.04. The summed E-state index contributed by atoms with van der Waals surface area (Å²) in [7, 11) is 1.56. The Morgan fingerprint density at radius 3 is 2.62 bits per heavy atom. The van der Waals surface area contributed by atoms with E-state index in [0.29, 0.717) is 30.9 Å². The van der Waals surface area contributed by atoms with Crippen molar-refractivity contribution in [3.63, 3.8) is 0 Å². The first-order chi connectivity index (χ1) is 11.6. The minimum atomic E-state index is -0.334. The van der Waals surface area contributed by atoms with Gasteiger partial charge in [-0.05, 0) is 54.8 Å². The van der Waals surface area contributed by atoms with Crippen LogP contribution in [0.1, 0.15) is 28.4 Å². The Labute approximate surface area is 140 Å². The summed E-state index contributed by atoms with van der Waals surface area (Å²) in [5, 5.41) is 0.